The molecule has 182 valence electrons. The van der Waals surface area contributed by atoms with Crippen molar-refractivity contribution in [3.8, 4) is 17.1 Å². The van der Waals surface area contributed by atoms with Gasteiger partial charge in [-0.15, -0.1) is 0 Å². The summed E-state index contributed by atoms with van der Waals surface area (Å²) in [7, 11) is 0. The van der Waals surface area contributed by atoms with E-state index in [2.05, 4.69) is 36.0 Å². The topological polar surface area (TPSA) is 126 Å². The summed E-state index contributed by atoms with van der Waals surface area (Å²) in [4.78, 5) is 24.3. The van der Waals surface area contributed by atoms with Crippen LogP contribution in [0.1, 0.15) is 0 Å². The average Bonchev–Trinajstić information content (AvgIpc) is 3.67. The molecule has 0 aliphatic rings. The van der Waals surface area contributed by atoms with Gasteiger partial charge >= 0.3 is 6.03 Å². The maximum Gasteiger partial charge on any atom is 0.324 e. The number of carbonyl (C=O) groups is 1. The van der Waals surface area contributed by atoms with Gasteiger partial charge in [0, 0.05) is 23.6 Å². The quantitative estimate of drug-likeness (QED) is 0.227. The minimum atomic E-state index is -0.472. The van der Waals surface area contributed by atoms with E-state index in [0.717, 1.165) is 16.7 Å². The molecule has 4 N–H and O–H groups in total. The third-order valence-electron chi connectivity index (χ3n) is 5.56. The summed E-state index contributed by atoms with van der Waals surface area (Å²) in [6, 6.07) is 19.6. The molecule has 11 heteroatoms. The second-order valence-electron chi connectivity index (χ2n) is 8.02. The summed E-state index contributed by atoms with van der Waals surface area (Å²) < 4.78 is 20.4. The van der Waals surface area contributed by atoms with Crippen molar-refractivity contribution < 1.29 is 13.6 Å². The number of aromatic amines is 1. The molecular formula is C26H19FN8O2. The molecule has 0 spiro atoms. The van der Waals surface area contributed by atoms with Crippen LogP contribution in [-0.4, -0.2) is 30.8 Å². The van der Waals surface area contributed by atoms with Crippen molar-refractivity contribution in [2.45, 2.75) is 0 Å². The van der Waals surface area contributed by atoms with Crippen LogP contribution in [0.4, 0.5) is 32.2 Å². The zero-order chi connectivity index (χ0) is 25.2. The summed E-state index contributed by atoms with van der Waals surface area (Å²) in [6.07, 6.45) is 4.82. The molecule has 2 aromatic carbocycles. The number of nitrogens with one attached hydrogen (secondary N) is 4. The fourth-order valence-electron chi connectivity index (χ4n) is 3.82. The number of urea groups is 1. The van der Waals surface area contributed by atoms with Gasteiger partial charge in [0.2, 0.25) is 0 Å². The number of fused-ring (bicyclic) bond motifs is 1. The van der Waals surface area contributed by atoms with Crippen LogP contribution in [0, 0.1) is 5.82 Å². The predicted molar refractivity (Wildman–Crippen MR) is 137 cm³/mol. The third-order valence-corrected chi connectivity index (χ3v) is 5.56. The minimum Gasteiger partial charge on any atom is -0.463 e. The molecule has 0 radical (unpaired) electrons. The molecule has 6 rings (SSSR count). The van der Waals surface area contributed by atoms with Crippen LogP contribution < -0.4 is 16.0 Å². The van der Waals surface area contributed by atoms with Crippen molar-refractivity contribution in [2.24, 2.45) is 0 Å². The fourth-order valence-corrected chi connectivity index (χ4v) is 3.82. The molecule has 0 saturated carbocycles. The van der Waals surface area contributed by atoms with Gasteiger partial charge in [-0.2, -0.15) is 5.10 Å². The van der Waals surface area contributed by atoms with E-state index in [1.165, 1.54) is 29.4 Å². The normalized spacial score (nSPS) is 10.9. The first-order valence-corrected chi connectivity index (χ1v) is 11.3. The summed E-state index contributed by atoms with van der Waals surface area (Å²) in [6.45, 7) is 0. The lowest BCUT2D eigenvalue weighted by Crippen LogP contribution is -2.21. The van der Waals surface area contributed by atoms with Gasteiger partial charge in [0.05, 0.1) is 17.3 Å². The van der Waals surface area contributed by atoms with Gasteiger partial charge in [-0.3, -0.25) is 5.32 Å². The summed E-state index contributed by atoms with van der Waals surface area (Å²) in [5.41, 5.74) is 3.20. The van der Waals surface area contributed by atoms with Crippen LogP contribution >= 0.6 is 0 Å². The van der Waals surface area contributed by atoms with Gasteiger partial charge in [0.1, 0.15) is 35.1 Å². The maximum atomic E-state index is 13.5. The van der Waals surface area contributed by atoms with E-state index in [1.54, 1.807) is 48.7 Å². The van der Waals surface area contributed by atoms with Crippen LogP contribution in [0.2, 0.25) is 0 Å². The Balaban J connectivity index is 1.18. The summed E-state index contributed by atoms with van der Waals surface area (Å²) >= 11 is 0. The highest BCUT2D eigenvalue weighted by Gasteiger charge is 2.15. The van der Waals surface area contributed by atoms with Gasteiger partial charge in [-0.25, -0.2) is 23.8 Å². The molecule has 0 fully saturated rings. The third kappa shape index (κ3) is 4.60. The molecule has 0 bridgehead atoms. The van der Waals surface area contributed by atoms with Crippen molar-refractivity contribution >= 4 is 40.1 Å². The number of carbonyl (C=O) groups excluding carboxylic acids is 1. The van der Waals surface area contributed by atoms with E-state index in [-0.39, 0.29) is 5.82 Å². The Morgan fingerprint density at radius 3 is 2.54 bits per heavy atom. The van der Waals surface area contributed by atoms with E-state index in [0.29, 0.717) is 34.5 Å². The molecule has 4 aromatic heterocycles. The molecule has 2 amide bonds. The predicted octanol–water partition coefficient (Wildman–Crippen LogP) is 5.93. The second kappa shape index (κ2) is 9.30. The van der Waals surface area contributed by atoms with Crippen molar-refractivity contribution in [1.82, 2.24) is 24.7 Å². The standard InChI is InChI=1S/C26H19FN8O2/c27-16-3-9-19(10-4-16)35-23(14-21(34-35)22-2-1-13-37-22)33-26(36)32-18-7-5-17(6-8-18)31-25-20-11-12-28-24(20)29-15-30-25/h1-15H,(H2,32,33,36)(H2,28,29,30,31). The fraction of sp³-hybridized carbons (Fsp3) is 0. The van der Waals surface area contributed by atoms with Crippen LogP contribution in [-0.2, 0) is 0 Å². The summed E-state index contributed by atoms with van der Waals surface area (Å²) in [5, 5.41) is 14.3. The molecule has 0 saturated heterocycles. The van der Waals surface area contributed by atoms with Crippen LogP contribution in [0.15, 0.2) is 96.0 Å². The molecule has 37 heavy (non-hydrogen) atoms. The highest BCUT2D eigenvalue weighted by molar-refractivity contribution is 6.00. The number of furan rings is 1. The molecule has 0 aliphatic carbocycles. The first-order valence-electron chi connectivity index (χ1n) is 11.3. The van der Waals surface area contributed by atoms with Gasteiger partial charge < -0.3 is 20.0 Å². The Kier molecular flexibility index (Phi) is 5.54. The molecule has 0 unspecified atom stereocenters. The van der Waals surface area contributed by atoms with Gasteiger partial charge in [0.15, 0.2) is 5.76 Å². The average molecular weight is 494 g/mol. The minimum absolute atomic E-state index is 0.371. The Morgan fingerprint density at radius 1 is 0.946 bits per heavy atom. The SMILES string of the molecule is O=C(Nc1ccc(Nc2ncnc3[nH]ccc23)cc1)Nc1cc(-c2ccco2)nn1-c1ccc(F)cc1. The second-order valence-corrected chi connectivity index (χ2v) is 8.02. The van der Waals surface area contributed by atoms with Gasteiger partial charge in [0.25, 0.3) is 0 Å². The van der Waals surface area contributed by atoms with Crippen molar-refractivity contribution in [1.29, 1.82) is 0 Å². The van der Waals surface area contributed by atoms with Gasteiger partial charge in [-0.1, -0.05) is 0 Å². The number of anilines is 4. The number of hydrogen-bond acceptors (Lipinski definition) is 6. The van der Waals surface area contributed by atoms with Crippen molar-refractivity contribution in [3.63, 3.8) is 0 Å². The number of aromatic nitrogens is 5. The molecule has 6 aromatic rings. The number of benzene rings is 2. The first-order chi connectivity index (χ1) is 18.1. The molecule has 0 aliphatic heterocycles. The lowest BCUT2D eigenvalue weighted by Gasteiger charge is -2.11. The number of amides is 2. The lowest BCUT2D eigenvalue weighted by atomic mass is 10.2. The van der Waals surface area contributed by atoms with Crippen LogP contribution in [0.5, 0.6) is 0 Å². The van der Waals surface area contributed by atoms with Crippen LogP contribution in [0.25, 0.3) is 28.2 Å². The summed E-state index contributed by atoms with van der Waals surface area (Å²) in [5.74, 6) is 1.22. The Hall–Kier alpha value is -5.45. The zero-order valence-electron chi connectivity index (χ0n) is 19.1. The molecular weight excluding hydrogens is 475 g/mol. The highest BCUT2D eigenvalue weighted by Crippen LogP contribution is 2.26. The van der Waals surface area contributed by atoms with E-state index in [4.69, 9.17) is 4.42 Å². The van der Waals surface area contributed by atoms with Gasteiger partial charge in [-0.05, 0) is 66.7 Å². The first kappa shape index (κ1) is 22.0. The Morgan fingerprint density at radius 2 is 1.76 bits per heavy atom. The van der Waals surface area contributed by atoms with Crippen LogP contribution in [0.3, 0.4) is 0 Å². The van der Waals surface area contributed by atoms with E-state index >= 15 is 0 Å². The smallest absolute Gasteiger partial charge is 0.324 e. The number of H-pyrrole nitrogens is 1. The van der Waals surface area contributed by atoms with Crippen molar-refractivity contribution in [3.05, 3.63) is 97.4 Å². The largest absolute Gasteiger partial charge is 0.463 e. The molecule has 10 nitrogen and oxygen atoms in total. The maximum absolute atomic E-state index is 13.5. The molecule has 4 heterocycles. The number of hydrogen-bond donors (Lipinski definition) is 4. The number of nitrogens with zero attached hydrogens (tertiary/aromatic N) is 4. The number of rotatable bonds is 6. The Labute approximate surface area is 209 Å². The highest BCUT2D eigenvalue weighted by atomic mass is 19.1. The lowest BCUT2D eigenvalue weighted by molar-refractivity contribution is 0.262. The number of halogens is 1. The van der Waals surface area contributed by atoms with E-state index in [1.807, 2.05) is 18.2 Å². The van der Waals surface area contributed by atoms with E-state index in [9.17, 15) is 9.18 Å². The zero-order valence-corrected chi connectivity index (χ0v) is 19.1. The van der Waals surface area contributed by atoms with E-state index < -0.39 is 6.03 Å². The monoisotopic (exact) mass is 494 g/mol. The Bertz CT molecular complexity index is 1670. The molecule has 0 atom stereocenters. The van der Waals surface area contributed by atoms with Crippen molar-refractivity contribution in [2.75, 3.05) is 16.0 Å².